The second-order valence-electron chi connectivity index (χ2n) is 4.61. The maximum Gasteiger partial charge on any atom is 0.259 e. The van der Waals surface area contributed by atoms with Gasteiger partial charge in [-0.3, -0.25) is 4.79 Å². The first-order chi connectivity index (χ1) is 10.1. The van der Waals surface area contributed by atoms with Crippen molar-refractivity contribution in [2.24, 2.45) is 0 Å². The average molecular weight is 352 g/mol. The van der Waals surface area contributed by atoms with E-state index >= 15 is 0 Å². The molecule has 0 aliphatic carbocycles. The van der Waals surface area contributed by atoms with E-state index in [4.69, 9.17) is 0 Å². The second-order valence-corrected chi connectivity index (χ2v) is 5.40. The summed E-state index contributed by atoms with van der Waals surface area (Å²) < 4.78 is 13.2. The van der Waals surface area contributed by atoms with Crippen molar-refractivity contribution in [2.75, 3.05) is 10.6 Å². The summed E-state index contributed by atoms with van der Waals surface area (Å²) in [4.78, 5) is 12.1. The molecule has 0 unspecified atom stereocenters. The van der Waals surface area contributed by atoms with Crippen LogP contribution in [0.2, 0.25) is 0 Å². The lowest BCUT2D eigenvalue weighted by atomic mass is 10.1. The first kappa shape index (κ1) is 15.5. The van der Waals surface area contributed by atoms with Gasteiger partial charge < -0.3 is 10.4 Å². The summed E-state index contributed by atoms with van der Waals surface area (Å²) in [6.07, 6.45) is 1.91. The molecule has 3 nitrogen and oxygen atoms in total. The highest BCUT2D eigenvalue weighted by molar-refractivity contribution is 9.09. The Labute approximate surface area is 130 Å². The van der Waals surface area contributed by atoms with Gasteiger partial charge in [-0.2, -0.15) is 0 Å². The number of hydrogen-bond donors (Lipinski definition) is 2. The molecule has 0 bridgehead atoms. The van der Waals surface area contributed by atoms with E-state index in [1.807, 2.05) is 18.2 Å². The van der Waals surface area contributed by atoms with E-state index in [0.717, 1.165) is 41.9 Å². The normalized spacial score (nSPS) is 10.4. The second kappa shape index (κ2) is 7.22. The molecule has 0 aromatic heterocycles. The fourth-order valence-corrected chi connectivity index (χ4v) is 2.24. The maximum absolute atomic E-state index is 13.2. The van der Waals surface area contributed by atoms with Crippen molar-refractivity contribution in [1.29, 1.82) is 0 Å². The summed E-state index contributed by atoms with van der Waals surface area (Å²) >= 11 is 3.38. The lowest BCUT2D eigenvalue weighted by Crippen LogP contribution is -2.12. The first-order valence-corrected chi connectivity index (χ1v) is 7.67. The van der Waals surface area contributed by atoms with Gasteiger partial charge in [0.05, 0.1) is 5.56 Å². The Bertz CT molecular complexity index is 646. The van der Waals surface area contributed by atoms with Gasteiger partial charge in [0.15, 0.2) is 0 Å². The van der Waals surface area contributed by atoms with E-state index in [1.54, 1.807) is 6.07 Å². The molecule has 110 valence electrons. The number of aromatic hydroxyl groups is 1. The molecule has 0 radical (unpaired) electrons. The van der Waals surface area contributed by atoms with Crippen molar-refractivity contribution >= 4 is 27.5 Å². The summed E-state index contributed by atoms with van der Waals surface area (Å²) in [6, 6.07) is 10.7. The number of aryl methyl sites for hydroxylation is 1. The van der Waals surface area contributed by atoms with Crippen molar-refractivity contribution in [2.45, 2.75) is 12.8 Å². The van der Waals surface area contributed by atoms with Crippen LogP contribution in [-0.4, -0.2) is 16.3 Å². The number of alkyl halides is 1. The highest BCUT2D eigenvalue weighted by atomic mass is 79.9. The molecule has 0 saturated carbocycles. The third-order valence-electron chi connectivity index (χ3n) is 2.99. The number of halogens is 2. The number of anilines is 1. The minimum Gasteiger partial charge on any atom is -0.507 e. The Kier molecular flexibility index (Phi) is 5.33. The molecule has 0 atom stereocenters. The Balaban J connectivity index is 2.14. The Hall–Kier alpha value is -1.88. The van der Waals surface area contributed by atoms with Crippen molar-refractivity contribution in [3.8, 4) is 5.75 Å². The molecule has 0 fully saturated rings. The van der Waals surface area contributed by atoms with Crippen LogP contribution < -0.4 is 5.32 Å². The Morgan fingerprint density at radius 2 is 2.05 bits per heavy atom. The van der Waals surface area contributed by atoms with Crippen LogP contribution in [0.1, 0.15) is 22.3 Å². The molecule has 2 rings (SSSR count). The highest BCUT2D eigenvalue weighted by Gasteiger charge is 2.12. The Morgan fingerprint density at radius 1 is 1.24 bits per heavy atom. The smallest absolute Gasteiger partial charge is 0.259 e. The summed E-state index contributed by atoms with van der Waals surface area (Å²) in [5.41, 5.74) is 1.65. The topological polar surface area (TPSA) is 49.3 Å². The zero-order valence-corrected chi connectivity index (χ0v) is 12.9. The van der Waals surface area contributed by atoms with Crippen molar-refractivity contribution < 1.29 is 14.3 Å². The molecular weight excluding hydrogens is 337 g/mol. The molecule has 5 heteroatoms. The summed E-state index contributed by atoms with van der Waals surface area (Å²) in [5, 5.41) is 13.2. The number of benzene rings is 2. The van der Waals surface area contributed by atoms with Gasteiger partial charge in [0.25, 0.3) is 5.91 Å². The van der Waals surface area contributed by atoms with E-state index in [1.165, 1.54) is 0 Å². The number of phenolic OH excluding ortho intramolecular Hbond substituents is 1. The summed E-state index contributed by atoms with van der Waals surface area (Å²) in [7, 11) is 0. The fraction of sp³-hybridized carbons (Fsp3) is 0.188. The van der Waals surface area contributed by atoms with Crippen LogP contribution >= 0.6 is 15.9 Å². The molecule has 0 aliphatic heterocycles. The largest absolute Gasteiger partial charge is 0.507 e. The van der Waals surface area contributed by atoms with Crippen LogP contribution in [0.5, 0.6) is 5.75 Å². The number of carbonyl (C=O) groups excluding carboxylic acids is 1. The standard InChI is InChI=1S/C16H15BrFNO2/c17-8-2-4-11-3-1-5-13(9-11)19-16(21)14-10-12(18)6-7-15(14)20/h1,3,5-7,9-10,20H,2,4,8H2,(H,19,21). The van der Waals surface area contributed by atoms with Gasteiger partial charge >= 0.3 is 0 Å². The molecule has 0 aliphatic rings. The van der Waals surface area contributed by atoms with Gasteiger partial charge in [-0.25, -0.2) is 4.39 Å². The third-order valence-corrected chi connectivity index (χ3v) is 3.55. The lowest BCUT2D eigenvalue weighted by Gasteiger charge is -2.08. The minimum absolute atomic E-state index is 0.0825. The van der Waals surface area contributed by atoms with Gasteiger partial charge in [-0.05, 0) is 48.7 Å². The third kappa shape index (κ3) is 4.29. The lowest BCUT2D eigenvalue weighted by molar-refractivity contribution is 0.102. The van der Waals surface area contributed by atoms with E-state index in [9.17, 15) is 14.3 Å². The SMILES string of the molecule is O=C(Nc1cccc(CCCBr)c1)c1cc(F)ccc1O. The molecular formula is C16H15BrFNO2. The van der Waals surface area contributed by atoms with Gasteiger partial charge in [0, 0.05) is 11.0 Å². The monoisotopic (exact) mass is 351 g/mol. The molecule has 0 spiro atoms. The molecule has 2 N–H and O–H groups in total. The number of phenols is 1. The molecule has 1 amide bonds. The molecule has 0 saturated heterocycles. The number of carbonyl (C=O) groups is 1. The number of rotatable bonds is 5. The minimum atomic E-state index is -0.566. The summed E-state index contributed by atoms with van der Waals surface area (Å²) in [5.74, 6) is -1.35. The number of nitrogens with one attached hydrogen (secondary N) is 1. The predicted octanol–water partition coefficient (Wildman–Crippen LogP) is 4.11. The van der Waals surface area contributed by atoms with Gasteiger partial charge in [0.1, 0.15) is 11.6 Å². The average Bonchev–Trinajstić information content (AvgIpc) is 2.48. The molecule has 2 aromatic rings. The molecule has 2 aromatic carbocycles. The van der Waals surface area contributed by atoms with Crippen LogP contribution in [-0.2, 0) is 6.42 Å². The van der Waals surface area contributed by atoms with Crippen molar-refractivity contribution in [3.63, 3.8) is 0 Å². The van der Waals surface area contributed by atoms with Crippen LogP contribution in [0, 0.1) is 5.82 Å². The summed E-state index contributed by atoms with van der Waals surface area (Å²) in [6.45, 7) is 0. The van der Waals surface area contributed by atoms with E-state index in [2.05, 4.69) is 21.2 Å². The van der Waals surface area contributed by atoms with E-state index < -0.39 is 11.7 Å². The van der Waals surface area contributed by atoms with Crippen LogP contribution in [0.15, 0.2) is 42.5 Å². The van der Waals surface area contributed by atoms with Gasteiger partial charge in [0.2, 0.25) is 0 Å². The van der Waals surface area contributed by atoms with E-state index in [-0.39, 0.29) is 11.3 Å². The van der Waals surface area contributed by atoms with Crippen molar-refractivity contribution in [1.82, 2.24) is 0 Å². The van der Waals surface area contributed by atoms with Gasteiger partial charge in [-0.15, -0.1) is 0 Å². The zero-order chi connectivity index (χ0) is 15.2. The van der Waals surface area contributed by atoms with Gasteiger partial charge in [-0.1, -0.05) is 28.1 Å². The molecule has 0 heterocycles. The quantitative estimate of drug-likeness (QED) is 0.796. The number of hydrogen-bond acceptors (Lipinski definition) is 2. The van der Waals surface area contributed by atoms with E-state index in [0.29, 0.717) is 5.69 Å². The Morgan fingerprint density at radius 3 is 2.81 bits per heavy atom. The fourth-order valence-electron chi connectivity index (χ4n) is 1.96. The van der Waals surface area contributed by atoms with Crippen LogP contribution in [0.4, 0.5) is 10.1 Å². The van der Waals surface area contributed by atoms with Crippen molar-refractivity contribution in [3.05, 3.63) is 59.4 Å². The first-order valence-electron chi connectivity index (χ1n) is 6.55. The van der Waals surface area contributed by atoms with Crippen LogP contribution in [0.25, 0.3) is 0 Å². The number of amides is 1. The maximum atomic E-state index is 13.2. The predicted molar refractivity (Wildman–Crippen MR) is 84.6 cm³/mol. The van der Waals surface area contributed by atoms with Crippen LogP contribution in [0.3, 0.4) is 0 Å². The highest BCUT2D eigenvalue weighted by Crippen LogP contribution is 2.20. The zero-order valence-electron chi connectivity index (χ0n) is 11.3. The molecule has 21 heavy (non-hydrogen) atoms.